The normalized spacial score (nSPS) is 20.0. The van der Waals surface area contributed by atoms with Gasteiger partial charge in [-0.05, 0) is 53.0 Å². The van der Waals surface area contributed by atoms with E-state index in [0.29, 0.717) is 26.2 Å². The molecule has 0 aliphatic carbocycles. The highest BCUT2D eigenvalue weighted by atomic mass is 16.1. The van der Waals surface area contributed by atoms with Gasteiger partial charge in [-0.25, -0.2) is 0 Å². The molecule has 0 aromatic heterocycles. The second-order valence-corrected chi connectivity index (χ2v) is 11.8. The van der Waals surface area contributed by atoms with Crippen LogP contribution in [0.5, 0.6) is 0 Å². The van der Waals surface area contributed by atoms with Gasteiger partial charge in [-0.15, -0.1) is 0 Å². The van der Waals surface area contributed by atoms with Crippen molar-refractivity contribution in [3.63, 3.8) is 0 Å². The summed E-state index contributed by atoms with van der Waals surface area (Å²) in [7, 11) is 0. The topological polar surface area (TPSA) is 40.6 Å². The minimum absolute atomic E-state index is 0.125. The third-order valence-corrected chi connectivity index (χ3v) is 8.25. The fourth-order valence-electron chi connectivity index (χ4n) is 6.06. The van der Waals surface area contributed by atoms with Gasteiger partial charge in [0, 0.05) is 61.6 Å². The zero-order valence-corrected chi connectivity index (χ0v) is 25.5. The van der Waals surface area contributed by atoms with E-state index in [-0.39, 0.29) is 11.6 Å². The maximum Gasteiger partial charge on any atom is 0.187 e. The number of piperidine rings is 2. The number of carbonyl (C=O) groups is 2. The molecular formula is C41H38N2O2. The molecule has 4 nitrogen and oxygen atoms in total. The Hall–Kier alpha value is -4.90. The smallest absolute Gasteiger partial charge is 0.187 e. The molecular weight excluding hydrogens is 552 g/mol. The molecule has 0 unspecified atom stereocenters. The summed E-state index contributed by atoms with van der Waals surface area (Å²) in [5, 5.41) is 0. The summed E-state index contributed by atoms with van der Waals surface area (Å²) < 4.78 is 0. The van der Waals surface area contributed by atoms with E-state index in [4.69, 9.17) is 0 Å². The van der Waals surface area contributed by atoms with Crippen molar-refractivity contribution in [2.45, 2.75) is 6.42 Å². The fourth-order valence-corrected chi connectivity index (χ4v) is 6.06. The SMILES string of the molecule is O=C1/C(=C/c2ccccc2)CN(CCCN2C/C(=C\c3ccccc3)C(=O)/C(=C/c3ccccc3)C2)C/C1=C\c1ccccc1. The Kier molecular flexibility index (Phi) is 9.86. The van der Waals surface area contributed by atoms with Crippen LogP contribution in [-0.4, -0.2) is 60.6 Å². The Morgan fingerprint density at radius 1 is 0.400 bits per heavy atom. The van der Waals surface area contributed by atoms with Gasteiger partial charge in [0.05, 0.1) is 0 Å². The molecule has 2 aliphatic rings. The van der Waals surface area contributed by atoms with Gasteiger partial charge in [-0.1, -0.05) is 121 Å². The Morgan fingerprint density at radius 2 is 0.644 bits per heavy atom. The van der Waals surface area contributed by atoms with Crippen LogP contribution in [-0.2, 0) is 9.59 Å². The summed E-state index contributed by atoms with van der Waals surface area (Å²) in [6.07, 6.45) is 9.06. The lowest BCUT2D eigenvalue weighted by atomic mass is 9.93. The van der Waals surface area contributed by atoms with E-state index in [1.165, 1.54) is 0 Å². The fraction of sp³-hybridized carbons (Fsp3) is 0.171. The first-order valence-corrected chi connectivity index (χ1v) is 15.7. The van der Waals surface area contributed by atoms with Gasteiger partial charge in [0.25, 0.3) is 0 Å². The van der Waals surface area contributed by atoms with Crippen molar-refractivity contribution in [3.05, 3.63) is 166 Å². The van der Waals surface area contributed by atoms with Crippen LogP contribution in [0.4, 0.5) is 0 Å². The first-order valence-electron chi connectivity index (χ1n) is 15.7. The lowest BCUT2D eigenvalue weighted by molar-refractivity contribution is -0.114. The number of ketones is 2. The molecule has 2 fully saturated rings. The second-order valence-electron chi connectivity index (χ2n) is 11.8. The van der Waals surface area contributed by atoms with Crippen molar-refractivity contribution < 1.29 is 9.59 Å². The molecule has 0 bridgehead atoms. The number of hydrogen-bond acceptors (Lipinski definition) is 4. The number of hydrogen-bond donors (Lipinski definition) is 0. The molecule has 4 aromatic carbocycles. The largest absolute Gasteiger partial charge is 0.294 e. The van der Waals surface area contributed by atoms with Crippen LogP contribution in [0, 0.1) is 0 Å². The van der Waals surface area contributed by atoms with Crippen LogP contribution < -0.4 is 0 Å². The number of carbonyl (C=O) groups excluding carboxylic acids is 2. The molecule has 0 atom stereocenters. The predicted molar refractivity (Wildman–Crippen MR) is 185 cm³/mol. The van der Waals surface area contributed by atoms with Crippen molar-refractivity contribution in [1.82, 2.24) is 9.80 Å². The van der Waals surface area contributed by atoms with Gasteiger partial charge in [0.1, 0.15) is 0 Å². The van der Waals surface area contributed by atoms with E-state index in [2.05, 4.69) is 9.80 Å². The van der Waals surface area contributed by atoms with E-state index in [9.17, 15) is 9.59 Å². The maximum absolute atomic E-state index is 13.6. The van der Waals surface area contributed by atoms with E-state index >= 15 is 0 Å². The molecule has 0 amide bonds. The second kappa shape index (κ2) is 14.7. The predicted octanol–water partition coefficient (Wildman–Crippen LogP) is 7.48. The lowest BCUT2D eigenvalue weighted by Gasteiger charge is -2.32. The third kappa shape index (κ3) is 8.18. The van der Waals surface area contributed by atoms with Crippen LogP contribution in [0.1, 0.15) is 28.7 Å². The monoisotopic (exact) mass is 590 g/mol. The first-order chi connectivity index (χ1) is 22.1. The Balaban J connectivity index is 1.19. The van der Waals surface area contributed by atoms with Crippen LogP contribution in [0.25, 0.3) is 24.3 Å². The van der Waals surface area contributed by atoms with Gasteiger partial charge >= 0.3 is 0 Å². The number of nitrogens with zero attached hydrogens (tertiary/aromatic N) is 2. The molecule has 2 heterocycles. The standard InChI is InChI=1S/C41H38N2O2/c44-40-36(24-32-14-5-1-6-15-32)28-42(29-37(40)25-33-16-7-2-8-17-33)22-13-23-43-30-38(26-34-18-9-3-10-19-34)41(45)39(31-43)27-35-20-11-4-12-21-35/h1-12,14-21,24-27H,13,22-23,28-31H2/b36-24+,37-25+,38-26+,39-27+. The summed E-state index contributed by atoms with van der Waals surface area (Å²) in [5.74, 6) is 0.250. The quantitative estimate of drug-likeness (QED) is 0.200. The van der Waals surface area contributed by atoms with Gasteiger partial charge in [-0.3, -0.25) is 19.4 Å². The van der Waals surface area contributed by atoms with Gasteiger partial charge in [0.2, 0.25) is 0 Å². The molecule has 0 radical (unpaired) electrons. The Bertz CT molecular complexity index is 1480. The molecule has 224 valence electrons. The van der Waals surface area contributed by atoms with Crippen LogP contribution in [0.2, 0.25) is 0 Å². The van der Waals surface area contributed by atoms with E-state index < -0.39 is 0 Å². The highest BCUT2D eigenvalue weighted by Gasteiger charge is 2.28. The summed E-state index contributed by atoms with van der Waals surface area (Å²) >= 11 is 0. The Labute approximate surface area is 266 Å². The van der Waals surface area contributed by atoms with Crippen molar-refractivity contribution >= 4 is 35.9 Å². The molecule has 45 heavy (non-hydrogen) atoms. The maximum atomic E-state index is 13.6. The zero-order chi connectivity index (χ0) is 30.8. The van der Waals surface area contributed by atoms with E-state index in [1.54, 1.807) is 0 Å². The summed E-state index contributed by atoms with van der Waals surface area (Å²) in [5.41, 5.74) is 7.42. The average molecular weight is 591 g/mol. The molecule has 4 aromatic rings. The summed E-state index contributed by atoms with van der Waals surface area (Å²) in [6, 6.07) is 40.3. The van der Waals surface area contributed by atoms with E-state index in [1.807, 2.05) is 146 Å². The molecule has 0 spiro atoms. The lowest BCUT2D eigenvalue weighted by Crippen LogP contribution is -2.41. The van der Waals surface area contributed by atoms with Crippen LogP contribution in [0.3, 0.4) is 0 Å². The third-order valence-electron chi connectivity index (χ3n) is 8.25. The van der Waals surface area contributed by atoms with Crippen molar-refractivity contribution in [3.8, 4) is 0 Å². The number of Topliss-reactive ketones (excluding diaryl/α,β-unsaturated/α-hetero) is 2. The number of likely N-dealkylation sites (tertiary alicyclic amines) is 2. The van der Waals surface area contributed by atoms with E-state index in [0.717, 1.165) is 64.1 Å². The summed E-state index contributed by atoms with van der Waals surface area (Å²) in [6.45, 7) is 4.19. The van der Waals surface area contributed by atoms with Crippen molar-refractivity contribution in [1.29, 1.82) is 0 Å². The number of benzene rings is 4. The molecule has 4 heteroatoms. The Morgan fingerprint density at radius 3 is 0.889 bits per heavy atom. The first kappa shape index (κ1) is 30.1. The van der Waals surface area contributed by atoms with Gasteiger partial charge in [0.15, 0.2) is 11.6 Å². The minimum atomic E-state index is 0.125. The number of rotatable bonds is 8. The molecule has 0 N–H and O–H groups in total. The molecule has 2 aliphatic heterocycles. The zero-order valence-electron chi connectivity index (χ0n) is 25.5. The average Bonchev–Trinajstić information content (AvgIpc) is 3.07. The molecule has 2 saturated heterocycles. The van der Waals surface area contributed by atoms with Gasteiger partial charge in [-0.2, -0.15) is 0 Å². The summed E-state index contributed by atoms with van der Waals surface area (Å²) in [4.78, 5) is 31.9. The van der Waals surface area contributed by atoms with Gasteiger partial charge < -0.3 is 0 Å². The molecule has 0 saturated carbocycles. The van der Waals surface area contributed by atoms with Crippen LogP contribution in [0.15, 0.2) is 144 Å². The van der Waals surface area contributed by atoms with Crippen molar-refractivity contribution in [2.75, 3.05) is 39.3 Å². The highest BCUT2D eigenvalue weighted by Crippen LogP contribution is 2.25. The molecule has 6 rings (SSSR count). The van der Waals surface area contributed by atoms with Crippen molar-refractivity contribution in [2.24, 2.45) is 0 Å². The minimum Gasteiger partial charge on any atom is -0.294 e. The van der Waals surface area contributed by atoms with Crippen LogP contribution >= 0.6 is 0 Å². The highest BCUT2D eigenvalue weighted by molar-refractivity contribution is 6.15.